The van der Waals surface area contributed by atoms with Gasteiger partial charge in [-0.15, -0.1) is 0 Å². The van der Waals surface area contributed by atoms with E-state index in [1.165, 1.54) is 0 Å². The third kappa shape index (κ3) is 2.52. The molecule has 1 aromatic rings. The van der Waals surface area contributed by atoms with Gasteiger partial charge < -0.3 is 14.5 Å². The van der Waals surface area contributed by atoms with Crippen LogP contribution in [0.15, 0.2) is 16.5 Å². The maximum absolute atomic E-state index is 11.8. The fourth-order valence-electron chi connectivity index (χ4n) is 1.78. The largest absolute Gasteiger partial charge is 0.454 e. The summed E-state index contributed by atoms with van der Waals surface area (Å²) < 4.78 is 10.8. The number of ether oxygens (including phenoxy) is 1. The van der Waals surface area contributed by atoms with Crippen LogP contribution in [0.1, 0.15) is 49.9 Å². The van der Waals surface area contributed by atoms with Gasteiger partial charge in [-0.05, 0) is 52.8 Å². The van der Waals surface area contributed by atoms with Gasteiger partial charge in [-0.1, -0.05) is 0 Å². The number of hydrogen-bond acceptors (Lipinski definition) is 4. The number of carbonyl (C=O) groups is 1. The van der Waals surface area contributed by atoms with Gasteiger partial charge in [0.1, 0.15) is 11.4 Å². The highest BCUT2D eigenvalue weighted by Gasteiger charge is 2.46. The Morgan fingerprint density at radius 1 is 1.41 bits per heavy atom. The second-order valence-corrected chi connectivity index (χ2v) is 5.50. The summed E-state index contributed by atoms with van der Waals surface area (Å²) in [6.07, 6.45) is 2.09. The summed E-state index contributed by atoms with van der Waals surface area (Å²) in [5.41, 5.74) is -0.551. The average molecular weight is 237 g/mol. The van der Waals surface area contributed by atoms with Crippen LogP contribution in [0.4, 0.5) is 0 Å². The Labute approximate surface area is 101 Å². The predicted octanol–water partition coefficient (Wildman–Crippen LogP) is 2.44. The molecule has 1 aliphatic rings. The van der Waals surface area contributed by atoms with Crippen molar-refractivity contribution in [2.45, 2.75) is 44.8 Å². The summed E-state index contributed by atoms with van der Waals surface area (Å²) >= 11 is 0. The van der Waals surface area contributed by atoms with Crippen molar-refractivity contribution in [1.82, 2.24) is 5.32 Å². The fourth-order valence-corrected chi connectivity index (χ4v) is 1.78. The average Bonchev–Trinajstić information content (AvgIpc) is 2.85. The Hall–Kier alpha value is -1.29. The molecular weight excluding hydrogens is 218 g/mol. The second kappa shape index (κ2) is 3.88. The second-order valence-electron chi connectivity index (χ2n) is 5.50. The van der Waals surface area contributed by atoms with Crippen molar-refractivity contribution in [2.75, 3.05) is 7.05 Å². The van der Waals surface area contributed by atoms with Crippen LogP contribution in [0.3, 0.4) is 0 Å². The molecule has 17 heavy (non-hydrogen) atoms. The number of rotatable bonds is 3. The predicted molar refractivity (Wildman–Crippen MR) is 63.8 cm³/mol. The monoisotopic (exact) mass is 237 g/mol. The lowest BCUT2D eigenvalue weighted by Crippen LogP contribution is -2.24. The van der Waals surface area contributed by atoms with E-state index in [-0.39, 0.29) is 11.3 Å². The molecule has 0 spiro atoms. The van der Waals surface area contributed by atoms with Crippen molar-refractivity contribution in [3.05, 3.63) is 23.7 Å². The zero-order chi connectivity index (χ0) is 12.7. The standard InChI is InChI=1S/C13H19NO3/c1-12(2,3)17-11(15)9-5-6-10(16-9)13(14-4)7-8-13/h5-6,14H,7-8H2,1-4H3. The van der Waals surface area contributed by atoms with E-state index in [9.17, 15) is 4.79 Å². The van der Waals surface area contributed by atoms with Gasteiger partial charge in [0.05, 0.1) is 5.54 Å². The van der Waals surface area contributed by atoms with Gasteiger partial charge in [-0.3, -0.25) is 0 Å². The molecular formula is C13H19NO3. The SMILES string of the molecule is CNC1(c2ccc(C(=O)OC(C)(C)C)o2)CC1. The zero-order valence-electron chi connectivity index (χ0n) is 10.8. The molecule has 1 aliphatic carbocycles. The molecule has 0 atom stereocenters. The van der Waals surface area contributed by atoms with Gasteiger partial charge in [0.25, 0.3) is 0 Å². The van der Waals surface area contributed by atoms with Crippen LogP contribution in [0.25, 0.3) is 0 Å². The van der Waals surface area contributed by atoms with Crippen LogP contribution < -0.4 is 5.32 Å². The normalized spacial score (nSPS) is 17.9. The van der Waals surface area contributed by atoms with E-state index in [0.717, 1.165) is 18.6 Å². The summed E-state index contributed by atoms with van der Waals surface area (Å²) in [6.45, 7) is 5.51. The summed E-state index contributed by atoms with van der Waals surface area (Å²) in [6, 6.07) is 3.53. The molecule has 0 radical (unpaired) electrons. The lowest BCUT2D eigenvalue weighted by Gasteiger charge is -2.18. The van der Waals surface area contributed by atoms with E-state index in [4.69, 9.17) is 9.15 Å². The molecule has 1 fully saturated rings. The van der Waals surface area contributed by atoms with Crippen LogP contribution in [0.5, 0.6) is 0 Å². The van der Waals surface area contributed by atoms with Crippen molar-refractivity contribution in [3.8, 4) is 0 Å². The lowest BCUT2D eigenvalue weighted by atomic mass is 10.2. The third-order valence-corrected chi connectivity index (χ3v) is 2.91. The van der Waals surface area contributed by atoms with Crippen LogP contribution in [0, 0.1) is 0 Å². The topological polar surface area (TPSA) is 51.5 Å². The molecule has 2 rings (SSSR count). The van der Waals surface area contributed by atoms with Crippen molar-refractivity contribution in [1.29, 1.82) is 0 Å². The fraction of sp³-hybridized carbons (Fsp3) is 0.615. The first-order valence-electron chi connectivity index (χ1n) is 5.89. The molecule has 0 aliphatic heterocycles. The van der Waals surface area contributed by atoms with Crippen LogP contribution in [-0.2, 0) is 10.3 Å². The van der Waals surface area contributed by atoms with Crippen LogP contribution >= 0.6 is 0 Å². The van der Waals surface area contributed by atoms with Gasteiger partial charge >= 0.3 is 5.97 Å². The Morgan fingerprint density at radius 2 is 2.06 bits per heavy atom. The Kier molecular flexibility index (Phi) is 2.78. The minimum absolute atomic E-state index is 0.0553. The van der Waals surface area contributed by atoms with Crippen LogP contribution in [-0.4, -0.2) is 18.6 Å². The van der Waals surface area contributed by atoms with E-state index in [1.54, 1.807) is 6.07 Å². The highest BCUT2D eigenvalue weighted by Crippen LogP contribution is 2.45. The molecule has 0 saturated heterocycles. The van der Waals surface area contributed by atoms with Crippen molar-refractivity contribution in [2.24, 2.45) is 0 Å². The lowest BCUT2D eigenvalue weighted by molar-refractivity contribution is 0.00334. The van der Waals surface area contributed by atoms with Crippen molar-refractivity contribution in [3.63, 3.8) is 0 Å². The van der Waals surface area contributed by atoms with E-state index in [0.29, 0.717) is 0 Å². The third-order valence-electron chi connectivity index (χ3n) is 2.91. The molecule has 1 saturated carbocycles. The Bertz CT molecular complexity index is 424. The molecule has 0 unspecified atom stereocenters. The smallest absolute Gasteiger partial charge is 0.374 e. The molecule has 1 N–H and O–H groups in total. The van der Waals surface area contributed by atoms with Gasteiger partial charge in [-0.2, -0.15) is 0 Å². The first-order valence-corrected chi connectivity index (χ1v) is 5.89. The van der Waals surface area contributed by atoms with E-state index in [1.807, 2.05) is 33.9 Å². The number of nitrogens with one attached hydrogen (secondary N) is 1. The molecule has 1 heterocycles. The van der Waals surface area contributed by atoms with Gasteiger partial charge in [0.15, 0.2) is 0 Å². The van der Waals surface area contributed by atoms with E-state index in [2.05, 4.69) is 5.32 Å². The van der Waals surface area contributed by atoms with Crippen LogP contribution in [0.2, 0.25) is 0 Å². The molecule has 0 amide bonds. The first kappa shape index (κ1) is 12.2. The number of hydrogen-bond donors (Lipinski definition) is 1. The number of carbonyl (C=O) groups excluding carboxylic acids is 1. The van der Waals surface area contributed by atoms with Gasteiger partial charge in [0, 0.05) is 0 Å². The molecule has 4 nitrogen and oxygen atoms in total. The maximum Gasteiger partial charge on any atom is 0.374 e. The molecule has 0 bridgehead atoms. The highest BCUT2D eigenvalue weighted by atomic mass is 16.6. The molecule has 94 valence electrons. The Balaban J connectivity index is 2.11. The molecule has 1 aromatic heterocycles. The summed E-state index contributed by atoms with van der Waals surface area (Å²) in [5, 5.41) is 3.22. The Morgan fingerprint density at radius 3 is 2.53 bits per heavy atom. The number of esters is 1. The molecule has 4 heteroatoms. The maximum atomic E-state index is 11.8. The van der Waals surface area contributed by atoms with E-state index < -0.39 is 11.6 Å². The summed E-state index contributed by atoms with van der Waals surface area (Å²) in [4.78, 5) is 11.8. The van der Waals surface area contributed by atoms with Crippen molar-refractivity contribution >= 4 is 5.97 Å². The van der Waals surface area contributed by atoms with E-state index >= 15 is 0 Å². The first-order chi connectivity index (χ1) is 7.86. The quantitative estimate of drug-likeness (QED) is 0.820. The minimum atomic E-state index is -0.496. The summed E-state index contributed by atoms with van der Waals surface area (Å²) in [7, 11) is 1.91. The molecule has 0 aromatic carbocycles. The summed E-state index contributed by atoms with van der Waals surface area (Å²) in [5.74, 6) is 0.688. The number of furan rings is 1. The van der Waals surface area contributed by atoms with Crippen molar-refractivity contribution < 1.29 is 13.9 Å². The minimum Gasteiger partial charge on any atom is -0.454 e. The zero-order valence-corrected chi connectivity index (χ0v) is 10.8. The van der Waals surface area contributed by atoms with Gasteiger partial charge in [-0.25, -0.2) is 4.79 Å². The highest BCUT2D eigenvalue weighted by molar-refractivity contribution is 5.86. The van der Waals surface area contributed by atoms with Gasteiger partial charge in [0.2, 0.25) is 5.76 Å².